The molecule has 0 bridgehead atoms. The number of hydrogen-bond donors (Lipinski definition) is 1. The number of carbonyl (C=O) groups is 1. The van der Waals surface area contributed by atoms with E-state index in [0.29, 0.717) is 12.3 Å². The summed E-state index contributed by atoms with van der Waals surface area (Å²) >= 11 is 0. The minimum Gasteiger partial charge on any atom is -0.479 e. The Morgan fingerprint density at radius 1 is 1.33 bits per heavy atom. The summed E-state index contributed by atoms with van der Waals surface area (Å²) in [7, 11) is 0. The second-order valence-electron chi connectivity index (χ2n) is 5.44. The van der Waals surface area contributed by atoms with Crippen LogP contribution in [-0.2, 0) is 10.3 Å². The summed E-state index contributed by atoms with van der Waals surface area (Å²) in [4.78, 5) is 18.7. The van der Waals surface area contributed by atoms with E-state index in [0.717, 1.165) is 11.1 Å². The molecule has 108 valence electrons. The first-order valence-electron chi connectivity index (χ1n) is 7.13. The van der Waals surface area contributed by atoms with Gasteiger partial charge in [-0.1, -0.05) is 42.8 Å². The largest absolute Gasteiger partial charge is 0.479 e. The summed E-state index contributed by atoms with van der Waals surface area (Å²) in [6.45, 7) is 3.99. The van der Waals surface area contributed by atoms with Crippen molar-refractivity contribution >= 4 is 11.8 Å². The molecule has 3 rings (SSSR count). The van der Waals surface area contributed by atoms with Crippen LogP contribution in [-0.4, -0.2) is 27.9 Å². The minimum absolute atomic E-state index is 0.214. The average molecular weight is 282 g/mol. The molecule has 0 spiro atoms. The first-order valence-corrected chi connectivity index (χ1v) is 7.13. The number of aliphatic imine (C=N–C) groups is 1. The average Bonchev–Trinajstić information content (AvgIpc) is 2.83. The van der Waals surface area contributed by atoms with Crippen LogP contribution in [0.1, 0.15) is 24.5 Å². The highest BCUT2D eigenvalue weighted by Crippen LogP contribution is 2.41. The van der Waals surface area contributed by atoms with Gasteiger partial charge in [-0.2, -0.15) is 0 Å². The van der Waals surface area contributed by atoms with Gasteiger partial charge in [-0.25, -0.2) is 9.79 Å². The SMILES string of the molecule is CCC1N2C=CC=CC2=NC1(C(=O)O)c1ccc(C)cc1. The lowest BCUT2D eigenvalue weighted by molar-refractivity contribution is -0.145. The van der Waals surface area contributed by atoms with Crippen molar-refractivity contribution in [3.05, 3.63) is 59.8 Å². The van der Waals surface area contributed by atoms with Crippen LogP contribution in [0.4, 0.5) is 0 Å². The second-order valence-corrected chi connectivity index (χ2v) is 5.44. The van der Waals surface area contributed by atoms with Crippen LogP contribution < -0.4 is 0 Å². The zero-order chi connectivity index (χ0) is 15.0. The Bertz CT molecular complexity index is 658. The number of carboxylic acids is 1. The van der Waals surface area contributed by atoms with Crippen molar-refractivity contribution in [2.24, 2.45) is 4.99 Å². The van der Waals surface area contributed by atoms with Gasteiger partial charge < -0.3 is 10.0 Å². The Balaban J connectivity index is 2.19. The molecule has 2 aliphatic heterocycles. The molecular weight excluding hydrogens is 264 g/mol. The van der Waals surface area contributed by atoms with Crippen LogP contribution in [0.15, 0.2) is 53.7 Å². The van der Waals surface area contributed by atoms with E-state index < -0.39 is 11.5 Å². The number of aryl methyl sites for hydroxylation is 1. The summed E-state index contributed by atoms with van der Waals surface area (Å²) in [5, 5.41) is 9.95. The molecule has 0 fully saturated rings. The molecule has 1 N–H and O–H groups in total. The van der Waals surface area contributed by atoms with Crippen LogP contribution in [0.5, 0.6) is 0 Å². The van der Waals surface area contributed by atoms with Gasteiger partial charge in [0.25, 0.3) is 0 Å². The molecule has 4 nitrogen and oxygen atoms in total. The van der Waals surface area contributed by atoms with Crippen molar-refractivity contribution in [3.8, 4) is 0 Å². The third-order valence-electron chi connectivity index (χ3n) is 4.18. The Morgan fingerprint density at radius 2 is 2.05 bits per heavy atom. The van der Waals surface area contributed by atoms with Crippen LogP contribution in [0.25, 0.3) is 0 Å². The summed E-state index contributed by atoms with van der Waals surface area (Å²) in [6.07, 6.45) is 8.27. The molecule has 2 atom stereocenters. The Labute approximate surface area is 124 Å². The standard InChI is InChI=1S/C17H18N2O2/c1-3-14-17(16(20)21,13-9-7-12(2)8-10-13)18-15-6-4-5-11-19(14)15/h4-11,14H,3H2,1-2H3,(H,20,21). The molecule has 0 saturated heterocycles. The fourth-order valence-electron chi connectivity index (χ4n) is 3.13. The summed E-state index contributed by atoms with van der Waals surface area (Å²) in [6, 6.07) is 7.42. The monoisotopic (exact) mass is 282 g/mol. The molecule has 0 radical (unpaired) electrons. The lowest BCUT2D eigenvalue weighted by Crippen LogP contribution is -2.47. The van der Waals surface area contributed by atoms with Crippen LogP contribution in [0.2, 0.25) is 0 Å². The highest BCUT2D eigenvalue weighted by Gasteiger charge is 2.54. The first kappa shape index (κ1) is 13.6. The van der Waals surface area contributed by atoms with Crippen molar-refractivity contribution in [2.75, 3.05) is 0 Å². The third-order valence-corrected chi connectivity index (χ3v) is 4.18. The minimum atomic E-state index is -1.24. The van der Waals surface area contributed by atoms with E-state index in [9.17, 15) is 9.90 Å². The zero-order valence-corrected chi connectivity index (χ0v) is 12.2. The zero-order valence-electron chi connectivity index (χ0n) is 12.2. The number of nitrogens with zero attached hydrogens (tertiary/aromatic N) is 2. The van der Waals surface area contributed by atoms with Crippen molar-refractivity contribution < 1.29 is 9.90 Å². The maximum absolute atomic E-state index is 12.1. The maximum atomic E-state index is 12.1. The fraction of sp³-hybridized carbons (Fsp3) is 0.294. The van der Waals surface area contributed by atoms with Gasteiger partial charge in [0.05, 0.1) is 6.04 Å². The predicted molar refractivity (Wildman–Crippen MR) is 82.1 cm³/mol. The number of carboxylic acid groups (broad SMARTS) is 1. The van der Waals surface area contributed by atoms with Gasteiger partial charge in [-0.05, 0) is 31.1 Å². The van der Waals surface area contributed by atoms with E-state index in [-0.39, 0.29) is 6.04 Å². The van der Waals surface area contributed by atoms with Gasteiger partial charge in [0.2, 0.25) is 5.54 Å². The van der Waals surface area contributed by atoms with E-state index in [1.54, 1.807) is 0 Å². The number of hydrogen-bond acceptors (Lipinski definition) is 3. The number of aliphatic carboxylic acids is 1. The number of rotatable bonds is 3. The van der Waals surface area contributed by atoms with Gasteiger partial charge in [0, 0.05) is 6.20 Å². The van der Waals surface area contributed by atoms with Crippen LogP contribution >= 0.6 is 0 Å². The summed E-state index contributed by atoms with van der Waals surface area (Å²) < 4.78 is 0. The molecular formula is C17H18N2O2. The van der Waals surface area contributed by atoms with Gasteiger partial charge in [-0.3, -0.25) is 0 Å². The quantitative estimate of drug-likeness (QED) is 0.927. The molecule has 1 aromatic rings. The van der Waals surface area contributed by atoms with Gasteiger partial charge in [0.15, 0.2) is 0 Å². The molecule has 2 unspecified atom stereocenters. The lowest BCUT2D eigenvalue weighted by Gasteiger charge is -2.33. The van der Waals surface area contributed by atoms with Gasteiger partial charge in [-0.15, -0.1) is 0 Å². The molecule has 0 amide bonds. The molecule has 1 aromatic carbocycles. The van der Waals surface area contributed by atoms with Crippen LogP contribution in [0.3, 0.4) is 0 Å². The normalized spacial score (nSPS) is 26.7. The van der Waals surface area contributed by atoms with E-state index >= 15 is 0 Å². The smallest absolute Gasteiger partial charge is 0.338 e. The summed E-state index contributed by atoms with van der Waals surface area (Å²) in [5.41, 5.74) is 0.600. The topological polar surface area (TPSA) is 52.9 Å². The summed E-state index contributed by atoms with van der Waals surface area (Å²) in [5.74, 6) is -0.186. The molecule has 2 aliphatic rings. The Hall–Kier alpha value is -2.36. The van der Waals surface area contributed by atoms with E-state index in [1.165, 1.54) is 0 Å². The Morgan fingerprint density at radius 3 is 2.67 bits per heavy atom. The number of amidine groups is 1. The van der Waals surface area contributed by atoms with Crippen molar-refractivity contribution in [1.29, 1.82) is 0 Å². The third kappa shape index (κ3) is 1.90. The number of allylic oxidation sites excluding steroid dienone is 2. The van der Waals surface area contributed by atoms with E-state index in [2.05, 4.69) is 4.99 Å². The highest BCUT2D eigenvalue weighted by atomic mass is 16.4. The highest BCUT2D eigenvalue weighted by molar-refractivity contribution is 6.01. The Kier molecular flexibility index (Phi) is 3.16. The number of benzene rings is 1. The van der Waals surface area contributed by atoms with Crippen molar-refractivity contribution in [1.82, 2.24) is 4.90 Å². The van der Waals surface area contributed by atoms with Crippen LogP contribution in [0, 0.1) is 6.92 Å². The van der Waals surface area contributed by atoms with Crippen molar-refractivity contribution in [3.63, 3.8) is 0 Å². The predicted octanol–water partition coefficient (Wildman–Crippen LogP) is 2.85. The molecule has 0 saturated carbocycles. The molecule has 0 aromatic heterocycles. The molecule has 2 heterocycles. The van der Waals surface area contributed by atoms with E-state index in [4.69, 9.17) is 0 Å². The van der Waals surface area contributed by atoms with Gasteiger partial charge in [0.1, 0.15) is 5.84 Å². The molecule has 21 heavy (non-hydrogen) atoms. The lowest BCUT2D eigenvalue weighted by atomic mass is 9.82. The fourth-order valence-corrected chi connectivity index (χ4v) is 3.13. The maximum Gasteiger partial charge on any atom is 0.338 e. The second kappa shape index (κ2) is 4.88. The molecule has 4 heteroatoms. The number of fused-ring (bicyclic) bond motifs is 1. The first-order chi connectivity index (χ1) is 10.1. The van der Waals surface area contributed by atoms with E-state index in [1.807, 2.05) is 67.4 Å². The molecule has 0 aliphatic carbocycles. The van der Waals surface area contributed by atoms with Gasteiger partial charge >= 0.3 is 5.97 Å². The van der Waals surface area contributed by atoms with Crippen molar-refractivity contribution in [2.45, 2.75) is 31.8 Å².